The number of halogens is 3. The summed E-state index contributed by atoms with van der Waals surface area (Å²) < 4.78 is 26.5. The van der Waals surface area contributed by atoms with E-state index in [4.69, 9.17) is 23.2 Å². The van der Waals surface area contributed by atoms with Crippen molar-refractivity contribution in [2.24, 2.45) is 0 Å². The van der Waals surface area contributed by atoms with Crippen LogP contribution in [0.15, 0.2) is 52.3 Å². The summed E-state index contributed by atoms with van der Waals surface area (Å²) in [5.41, 5.74) is 0.582. The van der Waals surface area contributed by atoms with Crippen LogP contribution in [-0.2, 0) is 10.0 Å². The molecule has 120 valence electrons. The number of sulfonamides is 1. The summed E-state index contributed by atoms with van der Waals surface area (Å²) in [6.45, 7) is 0. The summed E-state index contributed by atoms with van der Waals surface area (Å²) in [5.74, 6) is -0.814. The van der Waals surface area contributed by atoms with E-state index in [1.165, 1.54) is 18.2 Å². The number of nitrogens with one attached hydrogen (secondary N) is 1. The normalized spacial score (nSPS) is 11.6. The second-order valence-electron chi connectivity index (χ2n) is 4.42. The highest BCUT2D eigenvalue weighted by atomic mass is 79.9. The summed E-state index contributed by atoms with van der Waals surface area (Å²) in [4.78, 5) is 12.0. The lowest BCUT2D eigenvalue weighted by Crippen LogP contribution is -2.29. The van der Waals surface area contributed by atoms with E-state index in [0.29, 0.717) is 15.1 Å². The summed E-state index contributed by atoms with van der Waals surface area (Å²) in [5, 5.41) is 1.42. The molecule has 0 aromatic heterocycles. The van der Waals surface area contributed by atoms with Gasteiger partial charge in [0.25, 0.3) is 15.9 Å². The number of hydrogen-bond donors (Lipinski definition) is 1. The van der Waals surface area contributed by atoms with Gasteiger partial charge in [-0.15, -0.1) is 0 Å². The summed E-state index contributed by atoms with van der Waals surface area (Å²) >= 11 is 15.1. The van der Waals surface area contributed by atoms with Gasteiger partial charge >= 0.3 is 0 Å². The zero-order valence-electron chi connectivity index (χ0n) is 11.5. The molecule has 4 nitrogen and oxygen atoms in total. The number of rotatable bonds is 4. The molecule has 0 unspecified atom stereocenters. The van der Waals surface area contributed by atoms with Crippen LogP contribution in [0.5, 0.6) is 0 Å². The Hall–Kier alpha value is -1.34. The molecule has 0 heterocycles. The molecule has 2 rings (SSSR count). The van der Waals surface area contributed by atoms with E-state index in [-0.39, 0.29) is 10.6 Å². The molecule has 0 aliphatic carbocycles. The molecule has 0 saturated carbocycles. The van der Waals surface area contributed by atoms with Gasteiger partial charge in [-0.1, -0.05) is 57.3 Å². The Morgan fingerprint density at radius 1 is 1.09 bits per heavy atom. The smallest absolute Gasteiger partial charge is 0.266 e. The molecule has 0 radical (unpaired) electrons. The lowest BCUT2D eigenvalue weighted by atomic mass is 10.2. The Kier molecular flexibility index (Phi) is 5.86. The first-order valence-electron chi connectivity index (χ1n) is 6.23. The van der Waals surface area contributed by atoms with E-state index in [1.807, 2.05) is 4.72 Å². The Bertz CT molecular complexity index is 882. The third-order valence-electron chi connectivity index (χ3n) is 2.74. The minimum Gasteiger partial charge on any atom is -0.268 e. The number of benzene rings is 2. The quantitative estimate of drug-likeness (QED) is 0.771. The van der Waals surface area contributed by atoms with Gasteiger partial charge in [0.1, 0.15) is 0 Å². The first-order chi connectivity index (χ1) is 10.8. The molecule has 2 aromatic rings. The van der Waals surface area contributed by atoms with Crippen molar-refractivity contribution in [2.45, 2.75) is 0 Å². The maximum atomic E-state index is 12.0. The highest BCUT2D eigenvalue weighted by molar-refractivity contribution is 9.10. The monoisotopic (exact) mass is 433 g/mol. The molecule has 0 aliphatic heterocycles. The van der Waals surface area contributed by atoms with Gasteiger partial charge in [0, 0.05) is 9.50 Å². The predicted molar refractivity (Wildman–Crippen MR) is 96.0 cm³/mol. The SMILES string of the molecule is O=C(NS(=O)(=O)C=Cc1ccccc1Cl)c1ccc(Br)cc1Cl. The van der Waals surface area contributed by atoms with Gasteiger partial charge in [0.05, 0.1) is 16.0 Å². The average Bonchev–Trinajstić information content (AvgIpc) is 2.45. The Labute approximate surface area is 152 Å². The van der Waals surface area contributed by atoms with Crippen molar-refractivity contribution in [1.29, 1.82) is 0 Å². The number of carbonyl (C=O) groups is 1. The minimum atomic E-state index is -3.98. The van der Waals surface area contributed by atoms with Crippen LogP contribution in [0.25, 0.3) is 6.08 Å². The second kappa shape index (κ2) is 7.49. The topological polar surface area (TPSA) is 63.2 Å². The zero-order valence-corrected chi connectivity index (χ0v) is 15.4. The molecule has 0 atom stereocenters. The predicted octanol–water partition coefficient (Wildman–Crippen LogP) is 4.49. The first-order valence-corrected chi connectivity index (χ1v) is 9.33. The van der Waals surface area contributed by atoms with Crippen LogP contribution in [0.3, 0.4) is 0 Å². The van der Waals surface area contributed by atoms with E-state index in [2.05, 4.69) is 15.9 Å². The average molecular weight is 435 g/mol. The number of hydrogen-bond acceptors (Lipinski definition) is 3. The summed E-state index contributed by atoms with van der Waals surface area (Å²) in [6, 6.07) is 11.3. The molecular weight excluding hydrogens is 425 g/mol. The van der Waals surface area contributed by atoms with Crippen LogP contribution in [0.2, 0.25) is 10.0 Å². The zero-order chi connectivity index (χ0) is 17.0. The fraction of sp³-hybridized carbons (Fsp3) is 0. The molecule has 0 fully saturated rings. The van der Waals surface area contributed by atoms with Crippen molar-refractivity contribution in [3.8, 4) is 0 Å². The molecule has 8 heteroatoms. The van der Waals surface area contributed by atoms with Crippen molar-refractivity contribution < 1.29 is 13.2 Å². The Balaban J connectivity index is 2.18. The molecule has 23 heavy (non-hydrogen) atoms. The molecule has 1 amide bonds. The van der Waals surface area contributed by atoms with Crippen molar-refractivity contribution in [1.82, 2.24) is 4.72 Å². The van der Waals surface area contributed by atoms with E-state index in [9.17, 15) is 13.2 Å². The highest BCUT2D eigenvalue weighted by Crippen LogP contribution is 2.21. The van der Waals surface area contributed by atoms with Crippen LogP contribution in [0.1, 0.15) is 15.9 Å². The maximum Gasteiger partial charge on any atom is 0.266 e. The summed E-state index contributed by atoms with van der Waals surface area (Å²) in [6.07, 6.45) is 1.31. The van der Waals surface area contributed by atoms with Gasteiger partial charge in [0.15, 0.2) is 0 Å². The van der Waals surface area contributed by atoms with Gasteiger partial charge < -0.3 is 0 Å². The van der Waals surface area contributed by atoms with Gasteiger partial charge in [-0.05, 0) is 35.9 Å². The highest BCUT2D eigenvalue weighted by Gasteiger charge is 2.16. The molecular formula is C15H10BrCl2NO3S. The molecule has 2 aromatic carbocycles. The minimum absolute atomic E-state index is 0.0598. The van der Waals surface area contributed by atoms with Crippen LogP contribution >= 0.6 is 39.1 Å². The molecule has 0 spiro atoms. The van der Waals surface area contributed by atoms with Crippen LogP contribution in [-0.4, -0.2) is 14.3 Å². The van der Waals surface area contributed by atoms with E-state index in [1.54, 1.807) is 30.3 Å². The lowest BCUT2D eigenvalue weighted by Gasteiger charge is -2.05. The van der Waals surface area contributed by atoms with Gasteiger partial charge in [-0.25, -0.2) is 13.1 Å². The van der Waals surface area contributed by atoms with Crippen molar-refractivity contribution in [3.05, 3.63) is 73.5 Å². The Morgan fingerprint density at radius 3 is 2.43 bits per heavy atom. The molecule has 0 aliphatic rings. The van der Waals surface area contributed by atoms with E-state index in [0.717, 1.165) is 5.41 Å². The van der Waals surface area contributed by atoms with Crippen molar-refractivity contribution in [2.75, 3.05) is 0 Å². The fourth-order valence-electron chi connectivity index (χ4n) is 1.66. The lowest BCUT2D eigenvalue weighted by molar-refractivity contribution is 0.0982. The number of carbonyl (C=O) groups excluding carboxylic acids is 1. The molecule has 1 N–H and O–H groups in total. The van der Waals surface area contributed by atoms with Crippen molar-refractivity contribution >= 4 is 61.1 Å². The van der Waals surface area contributed by atoms with Gasteiger partial charge in [-0.2, -0.15) is 0 Å². The standard InChI is InChI=1S/C15H10BrCl2NO3S/c16-11-5-6-12(14(18)9-11)15(20)19-23(21,22)8-7-10-3-1-2-4-13(10)17/h1-9H,(H,19,20). The van der Waals surface area contributed by atoms with Crippen molar-refractivity contribution in [3.63, 3.8) is 0 Å². The Morgan fingerprint density at radius 2 is 1.78 bits per heavy atom. The van der Waals surface area contributed by atoms with Crippen LogP contribution in [0.4, 0.5) is 0 Å². The first kappa shape index (κ1) is 18.0. The third kappa shape index (κ3) is 5.07. The third-order valence-corrected chi connectivity index (χ3v) is 4.86. The van der Waals surface area contributed by atoms with E-state index < -0.39 is 15.9 Å². The molecule has 0 saturated heterocycles. The fourth-order valence-corrected chi connectivity index (χ4v) is 3.39. The molecule has 0 bridgehead atoms. The largest absolute Gasteiger partial charge is 0.268 e. The van der Waals surface area contributed by atoms with Gasteiger partial charge in [-0.3, -0.25) is 4.79 Å². The van der Waals surface area contributed by atoms with Crippen LogP contribution < -0.4 is 4.72 Å². The maximum absolute atomic E-state index is 12.0. The second-order valence-corrected chi connectivity index (χ2v) is 7.72. The van der Waals surface area contributed by atoms with Gasteiger partial charge in [0.2, 0.25) is 0 Å². The summed E-state index contributed by atoms with van der Waals surface area (Å²) in [7, 11) is -3.98. The van der Waals surface area contributed by atoms with E-state index >= 15 is 0 Å². The number of amides is 1. The van der Waals surface area contributed by atoms with Crippen LogP contribution in [0, 0.1) is 0 Å².